The van der Waals surface area contributed by atoms with Crippen molar-refractivity contribution in [2.24, 2.45) is 5.73 Å². The van der Waals surface area contributed by atoms with Crippen molar-refractivity contribution in [3.05, 3.63) is 53.3 Å². The van der Waals surface area contributed by atoms with E-state index in [-0.39, 0.29) is 6.04 Å². The van der Waals surface area contributed by atoms with Gasteiger partial charge in [-0.15, -0.1) is 11.8 Å². The molecule has 0 fully saturated rings. The molecule has 20 heavy (non-hydrogen) atoms. The first-order valence-electron chi connectivity index (χ1n) is 6.40. The van der Waals surface area contributed by atoms with Crippen LogP contribution in [-0.4, -0.2) is 17.3 Å². The van der Waals surface area contributed by atoms with E-state index < -0.39 is 0 Å². The van der Waals surface area contributed by atoms with Crippen LogP contribution >= 0.6 is 23.4 Å². The van der Waals surface area contributed by atoms with Gasteiger partial charge in [-0.05, 0) is 42.8 Å². The van der Waals surface area contributed by atoms with Crippen LogP contribution in [-0.2, 0) is 0 Å². The molecule has 1 aromatic carbocycles. The van der Waals surface area contributed by atoms with Crippen molar-refractivity contribution in [2.75, 3.05) is 12.4 Å². The van der Waals surface area contributed by atoms with Gasteiger partial charge in [-0.3, -0.25) is 4.98 Å². The Morgan fingerprint density at radius 3 is 2.75 bits per heavy atom. The van der Waals surface area contributed by atoms with Gasteiger partial charge in [0.05, 0.1) is 12.8 Å². The molecule has 1 aromatic heterocycles. The van der Waals surface area contributed by atoms with Gasteiger partial charge < -0.3 is 10.5 Å². The highest BCUT2D eigenvalue weighted by Crippen LogP contribution is 2.25. The maximum absolute atomic E-state index is 6.20. The molecule has 0 aliphatic carbocycles. The molecule has 2 rings (SSSR count). The highest BCUT2D eigenvalue weighted by atomic mass is 35.5. The Hall–Kier alpha value is -1.23. The van der Waals surface area contributed by atoms with E-state index in [0.29, 0.717) is 6.61 Å². The molecule has 0 aliphatic heterocycles. The predicted molar refractivity (Wildman–Crippen MR) is 84.5 cm³/mol. The monoisotopic (exact) mass is 308 g/mol. The minimum atomic E-state index is -0.0800. The first-order valence-corrected chi connectivity index (χ1v) is 7.77. The summed E-state index contributed by atoms with van der Waals surface area (Å²) in [6, 6.07) is 9.62. The average molecular weight is 309 g/mol. The van der Waals surface area contributed by atoms with Crippen LogP contribution in [0.3, 0.4) is 0 Å². The van der Waals surface area contributed by atoms with Crippen LogP contribution in [0.5, 0.6) is 5.75 Å². The van der Waals surface area contributed by atoms with Gasteiger partial charge in [-0.2, -0.15) is 0 Å². The Labute approximate surface area is 128 Å². The number of benzene rings is 1. The molecule has 0 bridgehead atoms. The molecule has 0 saturated carbocycles. The zero-order chi connectivity index (χ0) is 14.4. The summed E-state index contributed by atoms with van der Waals surface area (Å²) < 4.78 is 5.43. The van der Waals surface area contributed by atoms with Crippen molar-refractivity contribution < 1.29 is 4.74 Å². The van der Waals surface area contributed by atoms with Crippen molar-refractivity contribution in [2.45, 2.75) is 17.9 Å². The van der Waals surface area contributed by atoms with E-state index in [4.69, 9.17) is 22.1 Å². The molecule has 5 heteroatoms. The van der Waals surface area contributed by atoms with Crippen LogP contribution in [0, 0.1) is 0 Å². The lowest BCUT2D eigenvalue weighted by Crippen LogP contribution is -2.13. The molecule has 1 unspecified atom stereocenters. The number of rotatable bonds is 6. The lowest BCUT2D eigenvalue weighted by atomic mass is 10.1. The maximum atomic E-state index is 6.20. The predicted octanol–water partition coefficient (Wildman–Crippen LogP) is 3.93. The second kappa shape index (κ2) is 7.53. The summed E-state index contributed by atoms with van der Waals surface area (Å²) >= 11 is 7.56. The van der Waals surface area contributed by atoms with Gasteiger partial charge in [-0.1, -0.05) is 11.6 Å². The largest absolute Gasteiger partial charge is 0.492 e. The summed E-state index contributed by atoms with van der Waals surface area (Å²) in [5, 5.41) is 0.743. The lowest BCUT2D eigenvalue weighted by molar-refractivity contribution is 0.338. The van der Waals surface area contributed by atoms with Gasteiger partial charge in [0.25, 0.3) is 0 Å². The number of thioether (sulfide) groups is 1. The van der Waals surface area contributed by atoms with E-state index in [2.05, 4.69) is 4.98 Å². The number of pyridine rings is 1. The molecule has 3 nitrogen and oxygen atoms in total. The number of halogens is 1. The Morgan fingerprint density at radius 1 is 1.30 bits per heavy atom. The van der Waals surface area contributed by atoms with Crippen molar-refractivity contribution in [1.29, 1.82) is 0 Å². The Morgan fingerprint density at radius 2 is 2.05 bits per heavy atom. The summed E-state index contributed by atoms with van der Waals surface area (Å²) in [5.41, 5.74) is 7.18. The normalized spacial score (nSPS) is 12.2. The molecular weight excluding hydrogens is 292 g/mol. The van der Waals surface area contributed by atoms with Crippen LogP contribution in [0.15, 0.2) is 47.6 Å². The second-order valence-electron chi connectivity index (χ2n) is 4.26. The highest BCUT2D eigenvalue weighted by Gasteiger charge is 2.08. The molecule has 0 amide bonds. The Balaban J connectivity index is 1.95. The van der Waals surface area contributed by atoms with Gasteiger partial charge in [0.15, 0.2) is 0 Å². The molecule has 1 atom stereocenters. The third-order valence-electron chi connectivity index (χ3n) is 2.72. The second-order valence-corrected chi connectivity index (χ2v) is 5.79. The molecule has 2 aromatic rings. The van der Waals surface area contributed by atoms with Gasteiger partial charge >= 0.3 is 0 Å². The Bertz CT molecular complexity index is 548. The maximum Gasteiger partial charge on any atom is 0.137 e. The van der Waals surface area contributed by atoms with Crippen LogP contribution in [0.1, 0.15) is 18.5 Å². The molecule has 0 saturated heterocycles. The summed E-state index contributed by atoms with van der Waals surface area (Å²) in [6.07, 6.45) is 3.49. The molecule has 0 aliphatic rings. The molecule has 0 spiro atoms. The fraction of sp³-hybridized carbons (Fsp3) is 0.267. The quantitative estimate of drug-likeness (QED) is 0.822. The van der Waals surface area contributed by atoms with Gasteiger partial charge in [0.1, 0.15) is 5.75 Å². The summed E-state index contributed by atoms with van der Waals surface area (Å²) in [6.45, 7) is 2.57. The van der Waals surface area contributed by atoms with Crippen molar-refractivity contribution in [1.82, 2.24) is 4.98 Å². The number of nitrogens with two attached hydrogens (primary N) is 1. The first kappa shape index (κ1) is 15.2. The number of hydrogen-bond acceptors (Lipinski definition) is 4. The van der Waals surface area contributed by atoms with Crippen molar-refractivity contribution >= 4 is 23.4 Å². The lowest BCUT2D eigenvalue weighted by Gasteiger charge is -2.12. The van der Waals surface area contributed by atoms with E-state index in [0.717, 1.165) is 27.0 Å². The average Bonchev–Trinajstić information content (AvgIpc) is 2.47. The van der Waals surface area contributed by atoms with Crippen molar-refractivity contribution in [3.8, 4) is 5.75 Å². The fourth-order valence-electron chi connectivity index (χ4n) is 1.70. The molecule has 1 heterocycles. The zero-order valence-corrected chi connectivity index (χ0v) is 12.8. The highest BCUT2D eigenvalue weighted by molar-refractivity contribution is 7.99. The van der Waals surface area contributed by atoms with Crippen LogP contribution in [0.4, 0.5) is 0 Å². The fourth-order valence-corrected chi connectivity index (χ4v) is 2.72. The summed E-state index contributed by atoms with van der Waals surface area (Å²) in [4.78, 5) is 5.31. The van der Waals surface area contributed by atoms with Crippen LogP contribution < -0.4 is 10.5 Å². The summed E-state index contributed by atoms with van der Waals surface area (Å²) in [5.74, 6) is 1.54. The van der Waals surface area contributed by atoms with E-state index >= 15 is 0 Å². The van der Waals surface area contributed by atoms with Gasteiger partial charge in [-0.25, -0.2) is 0 Å². The standard InChI is InChI=1S/C15H17ClN2OS/c1-2-19-13-7-11(8-18-9-13)15(17)10-20-14-5-3-12(16)4-6-14/h3-9,15H,2,10,17H2,1H3. The molecule has 0 radical (unpaired) electrons. The van der Waals surface area contributed by atoms with Crippen LogP contribution in [0.2, 0.25) is 5.02 Å². The number of nitrogens with zero attached hydrogens (tertiary/aromatic N) is 1. The molecule has 2 N–H and O–H groups in total. The molecular formula is C15H17ClN2OS. The van der Waals surface area contributed by atoms with E-state index in [1.165, 1.54) is 0 Å². The van der Waals surface area contributed by atoms with Crippen molar-refractivity contribution in [3.63, 3.8) is 0 Å². The zero-order valence-electron chi connectivity index (χ0n) is 11.3. The van der Waals surface area contributed by atoms with Gasteiger partial charge in [0.2, 0.25) is 0 Å². The minimum absolute atomic E-state index is 0.0800. The number of hydrogen-bond donors (Lipinski definition) is 1. The SMILES string of the molecule is CCOc1cncc(C(N)CSc2ccc(Cl)cc2)c1. The third-order valence-corrected chi connectivity index (χ3v) is 4.10. The van der Waals surface area contributed by atoms with E-state index in [1.54, 1.807) is 24.2 Å². The van der Waals surface area contributed by atoms with E-state index in [1.807, 2.05) is 37.3 Å². The molecule has 106 valence electrons. The van der Waals surface area contributed by atoms with Crippen LogP contribution in [0.25, 0.3) is 0 Å². The summed E-state index contributed by atoms with van der Waals surface area (Å²) in [7, 11) is 0. The Kier molecular flexibility index (Phi) is 5.71. The minimum Gasteiger partial charge on any atom is -0.492 e. The van der Waals surface area contributed by atoms with E-state index in [9.17, 15) is 0 Å². The number of ether oxygens (including phenoxy) is 1. The first-order chi connectivity index (χ1) is 9.69. The number of aromatic nitrogens is 1. The van der Waals surface area contributed by atoms with Gasteiger partial charge in [0, 0.05) is 27.9 Å². The topological polar surface area (TPSA) is 48.1 Å². The smallest absolute Gasteiger partial charge is 0.137 e. The third kappa shape index (κ3) is 4.40.